The molecular formula is C30H41F3N2O3. The minimum Gasteiger partial charge on any atom is -0.385 e. The topological polar surface area (TPSA) is 70.6 Å². The summed E-state index contributed by atoms with van der Waals surface area (Å²) in [5, 5.41) is 18.2. The smallest absolute Gasteiger partial charge is 0.385 e. The van der Waals surface area contributed by atoms with Crippen molar-refractivity contribution in [3.63, 3.8) is 0 Å². The van der Waals surface area contributed by atoms with Crippen LogP contribution in [-0.2, 0) is 16.5 Å². The van der Waals surface area contributed by atoms with Gasteiger partial charge in [0.25, 0.3) is 5.91 Å². The molecule has 2 atom stereocenters. The van der Waals surface area contributed by atoms with Gasteiger partial charge in [-0.3, -0.25) is 4.79 Å². The van der Waals surface area contributed by atoms with Crippen molar-refractivity contribution < 1.29 is 27.8 Å². The first-order valence-electron chi connectivity index (χ1n) is 13.6. The van der Waals surface area contributed by atoms with Gasteiger partial charge in [-0.2, -0.15) is 13.2 Å². The van der Waals surface area contributed by atoms with E-state index in [-0.39, 0.29) is 23.9 Å². The molecule has 1 saturated carbocycles. The Kier molecular flexibility index (Phi) is 11.2. The number of unbranched alkanes of at least 4 members (excludes halogenated alkanes) is 1. The highest BCUT2D eigenvalue weighted by atomic mass is 19.4. The third-order valence-electron chi connectivity index (χ3n) is 7.54. The van der Waals surface area contributed by atoms with E-state index in [1.165, 1.54) is 44.2 Å². The van der Waals surface area contributed by atoms with Crippen molar-refractivity contribution in [1.82, 2.24) is 10.6 Å². The number of rotatable bonds is 13. The summed E-state index contributed by atoms with van der Waals surface area (Å²) in [6, 6.07) is 11.4. The molecule has 8 heteroatoms. The highest BCUT2D eigenvalue weighted by Crippen LogP contribution is 2.38. The van der Waals surface area contributed by atoms with Crippen molar-refractivity contribution in [3.8, 4) is 0 Å². The van der Waals surface area contributed by atoms with E-state index in [2.05, 4.69) is 10.6 Å². The third-order valence-corrected chi connectivity index (χ3v) is 7.54. The average Bonchev–Trinajstić information content (AvgIpc) is 2.91. The van der Waals surface area contributed by atoms with E-state index in [9.17, 15) is 23.1 Å². The number of carbonyl (C=O) groups is 1. The van der Waals surface area contributed by atoms with Crippen molar-refractivity contribution in [1.29, 1.82) is 0 Å². The maximum Gasteiger partial charge on any atom is 0.416 e. The van der Waals surface area contributed by atoms with Crippen LogP contribution >= 0.6 is 0 Å². The molecular weight excluding hydrogens is 493 g/mol. The van der Waals surface area contributed by atoms with E-state index in [0.717, 1.165) is 18.6 Å². The van der Waals surface area contributed by atoms with E-state index < -0.39 is 17.3 Å². The summed E-state index contributed by atoms with van der Waals surface area (Å²) in [6.07, 6.45) is 3.82. The number of ether oxygens (including phenoxy) is 1. The van der Waals surface area contributed by atoms with Gasteiger partial charge in [0.15, 0.2) is 0 Å². The van der Waals surface area contributed by atoms with Crippen molar-refractivity contribution >= 4 is 5.91 Å². The fourth-order valence-electron chi connectivity index (χ4n) is 5.49. The molecule has 1 unspecified atom stereocenters. The Morgan fingerprint density at radius 3 is 2.34 bits per heavy atom. The first-order chi connectivity index (χ1) is 18.2. The molecule has 3 N–H and O–H groups in total. The van der Waals surface area contributed by atoms with Gasteiger partial charge in [-0.15, -0.1) is 0 Å². The summed E-state index contributed by atoms with van der Waals surface area (Å²) in [4.78, 5) is 13.3. The molecule has 5 nitrogen and oxygen atoms in total. The largest absolute Gasteiger partial charge is 0.416 e. The summed E-state index contributed by atoms with van der Waals surface area (Å²) in [7, 11) is 3.44. The van der Waals surface area contributed by atoms with Gasteiger partial charge in [0.1, 0.15) is 5.60 Å². The van der Waals surface area contributed by atoms with Gasteiger partial charge in [0, 0.05) is 31.9 Å². The van der Waals surface area contributed by atoms with Crippen molar-refractivity contribution in [2.24, 2.45) is 5.92 Å². The van der Waals surface area contributed by atoms with Gasteiger partial charge in [0.05, 0.1) is 5.56 Å². The molecule has 0 heterocycles. The van der Waals surface area contributed by atoms with E-state index in [4.69, 9.17) is 4.74 Å². The minimum atomic E-state index is -4.53. The first kappa shape index (κ1) is 30.1. The zero-order valence-corrected chi connectivity index (χ0v) is 22.4. The summed E-state index contributed by atoms with van der Waals surface area (Å²) in [5.41, 5.74) is -1.61. The van der Waals surface area contributed by atoms with Gasteiger partial charge < -0.3 is 20.5 Å². The predicted molar refractivity (Wildman–Crippen MR) is 143 cm³/mol. The molecule has 38 heavy (non-hydrogen) atoms. The Balaban J connectivity index is 1.87. The molecule has 0 bridgehead atoms. The highest BCUT2D eigenvalue weighted by molar-refractivity contribution is 5.94. The molecule has 0 radical (unpaired) electrons. The van der Waals surface area contributed by atoms with Crippen molar-refractivity contribution in [2.75, 3.05) is 27.3 Å². The van der Waals surface area contributed by atoms with Crippen LogP contribution in [0.1, 0.15) is 84.8 Å². The van der Waals surface area contributed by atoms with Crippen LogP contribution < -0.4 is 10.6 Å². The van der Waals surface area contributed by atoms with Crippen molar-refractivity contribution in [2.45, 2.75) is 75.6 Å². The van der Waals surface area contributed by atoms with Crippen LogP contribution in [0.5, 0.6) is 0 Å². The number of halogens is 3. The molecule has 3 rings (SSSR count). The number of methoxy groups -OCH3 is 1. The summed E-state index contributed by atoms with van der Waals surface area (Å²) in [6.45, 7) is 1.13. The molecule has 0 aliphatic heterocycles. The summed E-state index contributed by atoms with van der Waals surface area (Å²) < 4.78 is 45.5. The standard InChI is InChI=1S/C30H41F3N2O3/c1-34-21-27(18-22-10-4-3-5-11-22)35-28(36)23-12-8-13-24(19-23)29(37,16-6-7-17-38-2)25-14-9-15-26(20-25)30(31,32)33/h8-9,12-15,19-20,22,27,34,37H,3-7,10-11,16-18,21H2,1-2H3,(H,35,36)/t27?,29-/m0/s1. The number of carbonyl (C=O) groups excluding carboxylic acids is 1. The van der Waals surface area contributed by atoms with Gasteiger partial charge >= 0.3 is 6.18 Å². The lowest BCUT2D eigenvalue weighted by atomic mass is 9.81. The van der Waals surface area contributed by atoms with Crippen LogP contribution in [0.4, 0.5) is 13.2 Å². The van der Waals surface area contributed by atoms with E-state index >= 15 is 0 Å². The zero-order chi connectivity index (χ0) is 27.6. The zero-order valence-electron chi connectivity index (χ0n) is 22.4. The number of hydrogen-bond acceptors (Lipinski definition) is 4. The molecule has 0 aromatic heterocycles. The average molecular weight is 535 g/mol. The number of aliphatic hydroxyl groups is 1. The van der Waals surface area contributed by atoms with Gasteiger partial charge in [-0.05, 0) is 74.0 Å². The minimum absolute atomic E-state index is 0.0318. The Morgan fingerprint density at radius 1 is 1.03 bits per heavy atom. The van der Waals surface area contributed by atoms with Crippen molar-refractivity contribution in [3.05, 3.63) is 70.8 Å². The Morgan fingerprint density at radius 2 is 1.68 bits per heavy atom. The Bertz CT molecular complexity index is 1020. The van der Waals surface area contributed by atoms with E-state index in [1.54, 1.807) is 31.4 Å². The monoisotopic (exact) mass is 534 g/mol. The second-order valence-corrected chi connectivity index (χ2v) is 10.4. The lowest BCUT2D eigenvalue weighted by molar-refractivity contribution is -0.137. The molecule has 2 aromatic carbocycles. The molecule has 1 amide bonds. The summed E-state index contributed by atoms with van der Waals surface area (Å²) in [5.74, 6) is 0.334. The second-order valence-electron chi connectivity index (χ2n) is 10.4. The van der Waals surface area contributed by atoms with Crippen LogP contribution in [-0.4, -0.2) is 44.4 Å². The highest BCUT2D eigenvalue weighted by Gasteiger charge is 2.36. The Labute approximate surface area is 224 Å². The maximum atomic E-state index is 13.5. The molecule has 1 aliphatic carbocycles. The molecule has 0 spiro atoms. The number of benzene rings is 2. The molecule has 2 aromatic rings. The number of alkyl halides is 3. The fourth-order valence-corrected chi connectivity index (χ4v) is 5.49. The lowest BCUT2D eigenvalue weighted by Crippen LogP contribution is -2.42. The predicted octanol–water partition coefficient (Wildman–Crippen LogP) is 6.05. The third kappa shape index (κ3) is 8.29. The molecule has 210 valence electrons. The SMILES string of the molecule is CNCC(CC1CCCCC1)NC(=O)c1cccc([C@@](O)(CCCCOC)c2cccc(C(F)(F)F)c2)c1. The van der Waals surface area contributed by atoms with Gasteiger partial charge in [-0.25, -0.2) is 0 Å². The number of nitrogens with one attached hydrogen (secondary N) is 2. The molecule has 1 aliphatic rings. The van der Waals surface area contributed by atoms with Gasteiger partial charge in [0.2, 0.25) is 0 Å². The van der Waals surface area contributed by atoms with Crippen LogP contribution in [0.2, 0.25) is 0 Å². The van der Waals surface area contributed by atoms with Crippen LogP contribution in [0.3, 0.4) is 0 Å². The number of likely N-dealkylation sites (N-methyl/N-ethyl adjacent to an activating group) is 1. The lowest BCUT2D eigenvalue weighted by Gasteiger charge is -2.31. The number of hydrogen-bond donors (Lipinski definition) is 3. The summed E-state index contributed by atoms with van der Waals surface area (Å²) >= 11 is 0. The normalized spacial score (nSPS) is 17.1. The van der Waals surface area contributed by atoms with Crippen LogP contribution in [0, 0.1) is 5.92 Å². The van der Waals surface area contributed by atoms with E-state index in [0.29, 0.717) is 43.0 Å². The Hall–Kier alpha value is -2.42. The van der Waals surface area contributed by atoms with E-state index in [1.807, 2.05) is 7.05 Å². The maximum absolute atomic E-state index is 13.5. The van der Waals surface area contributed by atoms with Crippen LogP contribution in [0.15, 0.2) is 48.5 Å². The molecule has 1 fully saturated rings. The quantitative estimate of drug-likeness (QED) is 0.274. The number of amides is 1. The van der Waals surface area contributed by atoms with Gasteiger partial charge in [-0.1, -0.05) is 56.4 Å². The van der Waals surface area contributed by atoms with Crippen LogP contribution in [0.25, 0.3) is 0 Å². The first-order valence-corrected chi connectivity index (χ1v) is 13.6. The molecule has 0 saturated heterocycles. The second kappa shape index (κ2) is 14.1. The fraction of sp³-hybridized carbons (Fsp3) is 0.567.